The molecule has 0 aromatic heterocycles. The van der Waals surface area contributed by atoms with Crippen LogP contribution >= 0.6 is 0 Å². The summed E-state index contributed by atoms with van der Waals surface area (Å²) in [5, 5.41) is 54.8. The molecule has 0 aromatic rings. The molecule has 1 aliphatic rings. The average molecular weight is 1210 g/mol. The molecule has 1 fully saturated rings. The number of carbonyl (C=O) groups excluding carboxylic acids is 1. The van der Waals surface area contributed by atoms with E-state index in [1.54, 1.807) is 6.08 Å². The van der Waals surface area contributed by atoms with Crippen molar-refractivity contribution in [3.63, 3.8) is 0 Å². The van der Waals surface area contributed by atoms with Gasteiger partial charge in [0.1, 0.15) is 24.4 Å². The first-order chi connectivity index (χ1) is 42.8. The second-order valence-electron chi connectivity index (χ2n) is 24.3. The smallest absolute Gasteiger partial charge is 0.220 e. The maximum atomic E-state index is 13.1. The van der Waals surface area contributed by atoms with Crippen LogP contribution < -0.4 is 5.32 Å². The minimum Gasteiger partial charge on any atom is -0.394 e. The molecule has 0 aromatic carbocycles. The van der Waals surface area contributed by atoms with Gasteiger partial charge in [-0.25, -0.2) is 0 Å². The standard InChI is InChI=1S/C78H133NO8/c1-3-5-7-9-11-13-15-17-19-21-23-25-27-28-29-30-31-32-33-34-35-36-37-38-39-40-41-42-43-44-46-48-50-52-54-56-58-60-62-64-66-68-74(82)79-71(70-86-78-77(85)76(84)75(83)73(69-80)87-78)72(81)67-65-63-61-59-57-55-53-51-49-47-45-26-24-22-20-18-16-14-12-10-8-6-4-2/h5,7,11,13,17,19,23,25,28-29,31-32,34-35,37-38,40-41,43-44,65,67,71-73,75-78,80-81,83-85H,3-4,6,8-10,12,14-16,18,20-22,24,26-27,30,33,36,39,42,45-64,66,68-70H2,1-2H3,(H,79,82)/b7-5-,13-11-,19-17-,25-23-,29-28-,32-31-,35-34-,38-37-,41-40-,44-43-,67-65+. The van der Waals surface area contributed by atoms with Gasteiger partial charge in [0.15, 0.2) is 6.29 Å². The maximum Gasteiger partial charge on any atom is 0.220 e. The molecule has 1 rings (SSSR count). The zero-order valence-corrected chi connectivity index (χ0v) is 55.7. The number of ether oxygens (including phenoxy) is 2. The molecule has 87 heavy (non-hydrogen) atoms. The third-order valence-electron chi connectivity index (χ3n) is 16.2. The Morgan fingerprint density at radius 1 is 0.402 bits per heavy atom. The van der Waals surface area contributed by atoms with Crippen LogP contribution in [0.5, 0.6) is 0 Å². The van der Waals surface area contributed by atoms with Crippen molar-refractivity contribution in [1.29, 1.82) is 0 Å². The van der Waals surface area contributed by atoms with Gasteiger partial charge in [0.2, 0.25) is 5.91 Å². The number of rotatable bonds is 61. The number of amides is 1. The Morgan fingerprint density at radius 3 is 1.06 bits per heavy atom. The Hall–Kier alpha value is -3.67. The van der Waals surface area contributed by atoms with E-state index in [9.17, 15) is 30.3 Å². The quantitative estimate of drug-likeness (QED) is 0.0261. The lowest BCUT2D eigenvalue weighted by Crippen LogP contribution is -2.60. The zero-order valence-electron chi connectivity index (χ0n) is 55.7. The third kappa shape index (κ3) is 53.8. The zero-order chi connectivity index (χ0) is 62.8. The summed E-state index contributed by atoms with van der Waals surface area (Å²) >= 11 is 0. The molecular formula is C78H133NO8. The van der Waals surface area contributed by atoms with E-state index in [4.69, 9.17) is 9.47 Å². The second kappa shape index (κ2) is 65.3. The van der Waals surface area contributed by atoms with E-state index in [1.807, 2.05) is 6.08 Å². The van der Waals surface area contributed by atoms with Crippen LogP contribution in [0.3, 0.4) is 0 Å². The number of aliphatic hydroxyl groups excluding tert-OH is 5. The van der Waals surface area contributed by atoms with Gasteiger partial charge in [0.25, 0.3) is 0 Å². The molecule has 1 aliphatic heterocycles. The third-order valence-corrected chi connectivity index (χ3v) is 16.2. The Balaban J connectivity index is 2.14. The summed E-state index contributed by atoms with van der Waals surface area (Å²) in [5.74, 6) is -0.184. The monoisotopic (exact) mass is 1210 g/mol. The summed E-state index contributed by atoms with van der Waals surface area (Å²) in [6.45, 7) is 3.68. The van der Waals surface area contributed by atoms with Gasteiger partial charge in [-0.05, 0) is 96.3 Å². The van der Waals surface area contributed by atoms with E-state index in [2.05, 4.69) is 141 Å². The highest BCUT2D eigenvalue weighted by Crippen LogP contribution is 2.23. The predicted octanol–water partition coefficient (Wildman–Crippen LogP) is 20.0. The first-order valence-electron chi connectivity index (χ1n) is 35.9. The molecular weight excluding hydrogens is 1080 g/mol. The summed E-state index contributed by atoms with van der Waals surface area (Å²) in [6.07, 6.45) is 92.6. The number of unbranched alkanes of at least 4 members (excludes halogenated alkanes) is 31. The summed E-state index contributed by atoms with van der Waals surface area (Å²) in [4.78, 5) is 13.1. The van der Waals surface area contributed by atoms with Crippen molar-refractivity contribution in [3.05, 3.63) is 134 Å². The molecule has 7 unspecified atom stereocenters. The lowest BCUT2D eigenvalue weighted by molar-refractivity contribution is -0.302. The molecule has 7 atom stereocenters. The summed E-state index contributed by atoms with van der Waals surface area (Å²) in [6, 6.07) is -0.817. The SMILES string of the molecule is CC/C=C\C/C=C\C/C=C\C/C=C\C/C=C\C/C=C\C/C=C\C/C=C\C/C=C\C/C=C\CCCCCCCCCCCCC(=O)NC(COC1OC(CO)C(O)C(O)C1O)C(O)/C=C/CCCCCCCCCCCCCCCCCCCCCCC. The number of nitrogens with one attached hydrogen (secondary N) is 1. The first kappa shape index (κ1) is 81.3. The van der Waals surface area contributed by atoms with Gasteiger partial charge in [-0.3, -0.25) is 4.79 Å². The molecule has 9 nitrogen and oxygen atoms in total. The number of carbonyl (C=O) groups is 1. The number of hydrogen-bond acceptors (Lipinski definition) is 8. The normalized spacial score (nSPS) is 18.8. The molecule has 0 aliphatic carbocycles. The van der Waals surface area contributed by atoms with Crippen LogP contribution in [0.1, 0.15) is 296 Å². The van der Waals surface area contributed by atoms with Gasteiger partial charge in [-0.1, -0.05) is 327 Å². The highest BCUT2D eigenvalue weighted by Gasteiger charge is 2.44. The van der Waals surface area contributed by atoms with Gasteiger partial charge >= 0.3 is 0 Å². The van der Waals surface area contributed by atoms with Crippen LogP contribution in [0.25, 0.3) is 0 Å². The molecule has 0 radical (unpaired) electrons. The molecule has 0 saturated carbocycles. The number of hydrogen-bond donors (Lipinski definition) is 6. The average Bonchev–Trinajstić information content (AvgIpc) is 3.47. The summed E-state index contributed by atoms with van der Waals surface area (Å²) in [5.41, 5.74) is 0. The largest absolute Gasteiger partial charge is 0.394 e. The molecule has 1 heterocycles. The fourth-order valence-electron chi connectivity index (χ4n) is 10.7. The summed E-state index contributed by atoms with van der Waals surface area (Å²) in [7, 11) is 0. The van der Waals surface area contributed by atoms with Gasteiger partial charge in [-0.2, -0.15) is 0 Å². The molecule has 6 N–H and O–H groups in total. The highest BCUT2D eigenvalue weighted by molar-refractivity contribution is 5.76. The van der Waals surface area contributed by atoms with Gasteiger partial charge < -0.3 is 40.3 Å². The lowest BCUT2D eigenvalue weighted by atomic mass is 9.99. The van der Waals surface area contributed by atoms with Crippen LogP contribution in [-0.4, -0.2) is 87.5 Å². The van der Waals surface area contributed by atoms with Crippen molar-refractivity contribution >= 4 is 5.91 Å². The van der Waals surface area contributed by atoms with E-state index in [-0.39, 0.29) is 12.5 Å². The van der Waals surface area contributed by atoms with Crippen molar-refractivity contribution in [2.45, 2.75) is 339 Å². The molecule has 498 valence electrons. The molecule has 0 spiro atoms. The topological polar surface area (TPSA) is 149 Å². The molecule has 9 heteroatoms. The van der Waals surface area contributed by atoms with Gasteiger partial charge in [-0.15, -0.1) is 0 Å². The number of allylic oxidation sites excluding steroid dienone is 21. The van der Waals surface area contributed by atoms with Crippen molar-refractivity contribution < 1.29 is 39.8 Å². The second-order valence-corrected chi connectivity index (χ2v) is 24.3. The molecule has 1 amide bonds. The van der Waals surface area contributed by atoms with E-state index < -0.39 is 49.5 Å². The van der Waals surface area contributed by atoms with Crippen molar-refractivity contribution in [2.75, 3.05) is 13.2 Å². The van der Waals surface area contributed by atoms with Crippen LogP contribution in [-0.2, 0) is 14.3 Å². The Kier molecular flexibility index (Phi) is 61.0. The van der Waals surface area contributed by atoms with Crippen molar-refractivity contribution in [1.82, 2.24) is 5.32 Å². The van der Waals surface area contributed by atoms with Crippen LogP contribution in [0.4, 0.5) is 0 Å². The predicted molar refractivity (Wildman–Crippen MR) is 373 cm³/mol. The Bertz CT molecular complexity index is 1840. The van der Waals surface area contributed by atoms with Gasteiger partial charge in [0.05, 0.1) is 25.4 Å². The van der Waals surface area contributed by atoms with Crippen molar-refractivity contribution in [3.8, 4) is 0 Å². The fraction of sp³-hybridized carbons (Fsp3) is 0.705. The summed E-state index contributed by atoms with van der Waals surface area (Å²) < 4.78 is 11.3. The lowest BCUT2D eigenvalue weighted by Gasteiger charge is -2.40. The van der Waals surface area contributed by atoms with Crippen LogP contribution in [0.2, 0.25) is 0 Å². The van der Waals surface area contributed by atoms with Crippen LogP contribution in [0.15, 0.2) is 134 Å². The van der Waals surface area contributed by atoms with E-state index >= 15 is 0 Å². The molecule has 1 saturated heterocycles. The van der Waals surface area contributed by atoms with E-state index in [1.165, 1.54) is 161 Å². The Morgan fingerprint density at radius 2 is 0.713 bits per heavy atom. The number of aliphatic hydroxyl groups is 5. The highest BCUT2D eigenvalue weighted by atomic mass is 16.7. The van der Waals surface area contributed by atoms with E-state index in [0.717, 1.165) is 116 Å². The fourth-order valence-corrected chi connectivity index (χ4v) is 10.7. The Labute approximate surface area is 534 Å². The minimum absolute atomic E-state index is 0.184. The molecule has 0 bridgehead atoms. The van der Waals surface area contributed by atoms with Gasteiger partial charge in [0, 0.05) is 6.42 Å². The van der Waals surface area contributed by atoms with Crippen molar-refractivity contribution in [2.24, 2.45) is 0 Å². The van der Waals surface area contributed by atoms with E-state index in [0.29, 0.717) is 6.42 Å². The minimum atomic E-state index is -1.57. The maximum absolute atomic E-state index is 13.1. The van der Waals surface area contributed by atoms with Crippen LogP contribution in [0, 0.1) is 0 Å². The first-order valence-corrected chi connectivity index (χ1v) is 35.9.